The van der Waals surface area contributed by atoms with Crippen LogP contribution in [-0.2, 0) is 13.1 Å². The van der Waals surface area contributed by atoms with Crippen LogP contribution in [0.3, 0.4) is 0 Å². The fourth-order valence-corrected chi connectivity index (χ4v) is 2.63. The summed E-state index contributed by atoms with van der Waals surface area (Å²) in [5.74, 6) is -0.196. The van der Waals surface area contributed by atoms with E-state index in [1.807, 2.05) is 35.3 Å². The number of nitrogens with zero attached hydrogens (tertiary/aromatic N) is 3. The number of rotatable bonds is 5. The van der Waals surface area contributed by atoms with Crippen molar-refractivity contribution in [3.8, 4) is 10.6 Å². The summed E-state index contributed by atoms with van der Waals surface area (Å²) >= 11 is 1.60. The number of aryl methyl sites for hydroxylation is 1. The largest absolute Gasteiger partial charge is 0.346 e. The first-order chi connectivity index (χ1) is 10.3. The second-order valence-electron chi connectivity index (χ2n) is 4.53. The number of hydrogen-bond acceptors (Lipinski definition) is 4. The van der Waals surface area contributed by atoms with Gasteiger partial charge in [-0.05, 0) is 24.4 Å². The third-order valence-corrected chi connectivity index (χ3v) is 3.96. The molecule has 0 aliphatic heterocycles. The van der Waals surface area contributed by atoms with Crippen molar-refractivity contribution in [1.29, 1.82) is 0 Å². The fraction of sp³-hybridized carbons (Fsp3) is 0.214. The van der Waals surface area contributed by atoms with E-state index in [2.05, 4.69) is 20.6 Å². The number of carbonyl (C=O) groups excluding carboxylic acids is 1. The second-order valence-corrected chi connectivity index (χ2v) is 5.48. The summed E-state index contributed by atoms with van der Waals surface area (Å²) in [6.45, 7) is 3.28. The monoisotopic (exact) mass is 301 g/mol. The van der Waals surface area contributed by atoms with Crippen LogP contribution in [0.15, 0.2) is 36.0 Å². The Balaban J connectivity index is 1.63. The van der Waals surface area contributed by atoms with Crippen molar-refractivity contribution in [3.05, 3.63) is 47.2 Å². The molecule has 108 valence electrons. The molecule has 0 unspecified atom stereocenters. The van der Waals surface area contributed by atoms with Crippen LogP contribution in [0.5, 0.6) is 0 Å². The van der Waals surface area contributed by atoms with Crippen molar-refractivity contribution in [2.75, 3.05) is 0 Å². The molecule has 0 aliphatic rings. The van der Waals surface area contributed by atoms with E-state index >= 15 is 0 Å². The van der Waals surface area contributed by atoms with Crippen LogP contribution < -0.4 is 5.32 Å². The van der Waals surface area contributed by atoms with Crippen LogP contribution in [0.2, 0.25) is 0 Å². The van der Waals surface area contributed by atoms with Crippen LogP contribution in [0.4, 0.5) is 0 Å². The summed E-state index contributed by atoms with van der Waals surface area (Å²) in [5, 5.41) is 15.9. The molecule has 0 bridgehead atoms. The van der Waals surface area contributed by atoms with Gasteiger partial charge in [-0.25, -0.2) is 0 Å². The van der Waals surface area contributed by atoms with Crippen molar-refractivity contribution >= 4 is 17.2 Å². The van der Waals surface area contributed by atoms with Gasteiger partial charge in [0.15, 0.2) is 5.69 Å². The summed E-state index contributed by atoms with van der Waals surface area (Å²) < 4.78 is 1.82. The maximum absolute atomic E-state index is 12.1. The molecule has 0 aliphatic carbocycles. The molecular weight excluding hydrogens is 286 g/mol. The van der Waals surface area contributed by atoms with Gasteiger partial charge in [-0.1, -0.05) is 6.07 Å². The lowest BCUT2D eigenvalue weighted by atomic mass is 10.3. The van der Waals surface area contributed by atoms with Crippen LogP contribution >= 0.6 is 11.3 Å². The Morgan fingerprint density at radius 3 is 3.14 bits per heavy atom. The number of H-pyrrole nitrogens is 1. The SMILES string of the molecule is CCn1cc(CNC(=O)c2cc(-c3cccs3)[nH]n2)cn1. The number of thiophene rings is 1. The average Bonchev–Trinajstić information content (AvgIpc) is 3.24. The van der Waals surface area contributed by atoms with Gasteiger partial charge in [-0.3, -0.25) is 14.6 Å². The van der Waals surface area contributed by atoms with Crippen molar-refractivity contribution < 1.29 is 4.79 Å². The lowest BCUT2D eigenvalue weighted by Crippen LogP contribution is -2.22. The van der Waals surface area contributed by atoms with Crippen LogP contribution in [0.25, 0.3) is 10.6 Å². The second kappa shape index (κ2) is 5.92. The molecule has 0 fully saturated rings. The van der Waals surface area contributed by atoms with Gasteiger partial charge < -0.3 is 5.32 Å². The molecule has 6 nitrogen and oxygen atoms in total. The van der Waals surface area contributed by atoms with E-state index in [0.29, 0.717) is 12.2 Å². The topological polar surface area (TPSA) is 75.6 Å². The van der Waals surface area contributed by atoms with E-state index in [1.54, 1.807) is 23.6 Å². The molecule has 0 saturated heterocycles. The normalized spacial score (nSPS) is 10.7. The highest BCUT2D eigenvalue weighted by Gasteiger charge is 2.11. The van der Waals surface area contributed by atoms with Gasteiger partial charge in [-0.15, -0.1) is 11.3 Å². The van der Waals surface area contributed by atoms with Crippen LogP contribution in [0.1, 0.15) is 23.0 Å². The minimum atomic E-state index is -0.196. The smallest absolute Gasteiger partial charge is 0.272 e. The number of nitrogens with one attached hydrogen (secondary N) is 2. The Morgan fingerprint density at radius 1 is 1.52 bits per heavy atom. The van der Waals surface area contributed by atoms with E-state index in [4.69, 9.17) is 0 Å². The summed E-state index contributed by atoms with van der Waals surface area (Å²) in [6, 6.07) is 5.71. The van der Waals surface area contributed by atoms with Gasteiger partial charge in [0.2, 0.25) is 0 Å². The van der Waals surface area contributed by atoms with Crippen molar-refractivity contribution in [3.63, 3.8) is 0 Å². The number of aromatic nitrogens is 4. The molecule has 3 aromatic heterocycles. The Bertz CT molecular complexity index is 728. The molecule has 7 heteroatoms. The molecule has 0 radical (unpaired) electrons. The molecule has 21 heavy (non-hydrogen) atoms. The highest BCUT2D eigenvalue weighted by molar-refractivity contribution is 7.13. The Hall–Kier alpha value is -2.41. The molecule has 0 aromatic carbocycles. The maximum atomic E-state index is 12.1. The third kappa shape index (κ3) is 3.03. The number of aromatic amines is 1. The highest BCUT2D eigenvalue weighted by atomic mass is 32.1. The predicted molar refractivity (Wildman–Crippen MR) is 81.0 cm³/mol. The van der Waals surface area contributed by atoms with Gasteiger partial charge in [-0.2, -0.15) is 10.2 Å². The summed E-state index contributed by atoms with van der Waals surface area (Å²) in [5.41, 5.74) is 2.22. The van der Waals surface area contributed by atoms with Crippen molar-refractivity contribution in [2.24, 2.45) is 0 Å². The van der Waals surface area contributed by atoms with Gasteiger partial charge in [0.05, 0.1) is 16.8 Å². The standard InChI is InChI=1S/C14H15N5OS/c1-2-19-9-10(8-16-19)7-15-14(20)12-6-11(17-18-12)13-4-3-5-21-13/h3-6,8-9H,2,7H2,1H3,(H,15,20)(H,17,18). The first-order valence-corrected chi connectivity index (χ1v) is 7.53. The molecule has 1 amide bonds. The third-order valence-electron chi connectivity index (χ3n) is 3.06. The van der Waals surface area contributed by atoms with E-state index < -0.39 is 0 Å². The zero-order valence-electron chi connectivity index (χ0n) is 11.5. The molecule has 3 heterocycles. The quantitative estimate of drug-likeness (QED) is 0.759. The van der Waals surface area contributed by atoms with E-state index in [0.717, 1.165) is 22.7 Å². The van der Waals surface area contributed by atoms with Crippen molar-refractivity contribution in [1.82, 2.24) is 25.3 Å². The Morgan fingerprint density at radius 2 is 2.43 bits per heavy atom. The van der Waals surface area contributed by atoms with Gasteiger partial charge in [0.25, 0.3) is 5.91 Å². The number of amides is 1. The zero-order chi connectivity index (χ0) is 14.7. The molecule has 3 aromatic rings. The molecule has 0 spiro atoms. The van der Waals surface area contributed by atoms with E-state index in [9.17, 15) is 4.79 Å². The average molecular weight is 301 g/mol. The van der Waals surface area contributed by atoms with Crippen LogP contribution in [0, 0.1) is 0 Å². The zero-order valence-corrected chi connectivity index (χ0v) is 12.4. The minimum absolute atomic E-state index is 0.196. The molecule has 3 rings (SSSR count). The lowest BCUT2D eigenvalue weighted by molar-refractivity contribution is 0.0946. The maximum Gasteiger partial charge on any atom is 0.272 e. The minimum Gasteiger partial charge on any atom is -0.346 e. The molecular formula is C14H15N5OS. The number of carbonyl (C=O) groups is 1. The summed E-state index contributed by atoms with van der Waals surface area (Å²) in [4.78, 5) is 13.1. The van der Waals surface area contributed by atoms with Gasteiger partial charge in [0, 0.05) is 24.8 Å². The molecule has 2 N–H and O–H groups in total. The summed E-state index contributed by atoms with van der Waals surface area (Å²) in [6.07, 6.45) is 3.67. The lowest BCUT2D eigenvalue weighted by Gasteiger charge is -1.99. The Labute approximate surface area is 125 Å². The predicted octanol–water partition coefficient (Wildman–Crippen LogP) is 2.28. The van der Waals surface area contributed by atoms with E-state index in [1.165, 1.54) is 0 Å². The van der Waals surface area contributed by atoms with Crippen molar-refractivity contribution in [2.45, 2.75) is 20.0 Å². The Kier molecular flexibility index (Phi) is 3.83. The number of hydrogen-bond donors (Lipinski definition) is 2. The van der Waals surface area contributed by atoms with E-state index in [-0.39, 0.29) is 5.91 Å². The first-order valence-electron chi connectivity index (χ1n) is 6.65. The van der Waals surface area contributed by atoms with Gasteiger partial charge >= 0.3 is 0 Å². The molecule has 0 atom stereocenters. The highest BCUT2D eigenvalue weighted by Crippen LogP contribution is 2.22. The molecule has 0 saturated carbocycles. The van der Waals surface area contributed by atoms with Gasteiger partial charge in [0.1, 0.15) is 0 Å². The summed E-state index contributed by atoms with van der Waals surface area (Å²) in [7, 11) is 0. The first kappa shape index (κ1) is 13.6. The fourth-order valence-electron chi connectivity index (χ4n) is 1.94. The van der Waals surface area contributed by atoms with Crippen LogP contribution in [-0.4, -0.2) is 25.9 Å².